The summed E-state index contributed by atoms with van der Waals surface area (Å²) in [4.78, 5) is 11.6. The summed E-state index contributed by atoms with van der Waals surface area (Å²) < 4.78 is 58.4. The Labute approximate surface area is 183 Å². The molecule has 0 unspecified atom stereocenters. The Bertz CT molecular complexity index is 1290. The summed E-state index contributed by atoms with van der Waals surface area (Å²) in [6, 6.07) is 8.12. The van der Waals surface area contributed by atoms with Gasteiger partial charge in [0, 0.05) is 29.2 Å². The third kappa shape index (κ3) is 5.47. The second kappa shape index (κ2) is 9.02. The maximum absolute atomic E-state index is 13.8. The molecular weight excluding hydrogens is 444 g/mol. The first kappa shape index (κ1) is 21.9. The van der Waals surface area contributed by atoms with Crippen LogP contribution in [-0.2, 0) is 12.7 Å². The fraction of sp³-hybridized carbons (Fsp3) is 0.0952. The summed E-state index contributed by atoms with van der Waals surface area (Å²) in [5.41, 5.74) is 0.548. The molecule has 1 N–H and O–H groups in total. The average molecular weight is 458 g/mol. The predicted octanol–water partition coefficient (Wildman–Crippen LogP) is 3.09. The zero-order valence-corrected chi connectivity index (χ0v) is 16.6. The van der Waals surface area contributed by atoms with Gasteiger partial charge in [0.25, 0.3) is 6.20 Å². The van der Waals surface area contributed by atoms with E-state index in [4.69, 9.17) is 4.52 Å². The zero-order valence-electron chi connectivity index (χ0n) is 16.6. The van der Waals surface area contributed by atoms with Crippen LogP contribution in [0.25, 0.3) is 11.1 Å². The van der Waals surface area contributed by atoms with Crippen molar-refractivity contribution in [2.45, 2.75) is 12.7 Å². The van der Waals surface area contributed by atoms with Crippen molar-refractivity contribution in [1.82, 2.24) is 15.2 Å². The molecule has 8 nitrogen and oxygen atoms in total. The van der Waals surface area contributed by atoms with Crippen molar-refractivity contribution in [2.75, 3.05) is 5.32 Å². The Hall–Kier alpha value is -4.35. The second-order valence-corrected chi connectivity index (χ2v) is 6.75. The van der Waals surface area contributed by atoms with Crippen LogP contribution in [0.4, 0.5) is 29.1 Å². The number of alkyl halides is 3. The standard InChI is InChI=1S/C21H14F4N6O2/c22-18-10-26-7-6-17(18)13-4-5-16(27-9-13)11-31-12-19(33-30-31)29-20(32)28-15-3-1-2-14(8-15)21(23,24)25/h1-10,12H,11H2,(H-,28,29,30,32). The van der Waals surface area contributed by atoms with E-state index in [0.717, 1.165) is 18.3 Å². The highest BCUT2D eigenvalue weighted by Gasteiger charge is 2.30. The summed E-state index contributed by atoms with van der Waals surface area (Å²) in [6.07, 6.45) is 0.883. The van der Waals surface area contributed by atoms with Gasteiger partial charge in [0.2, 0.25) is 11.8 Å². The molecule has 0 bridgehead atoms. The molecule has 0 fully saturated rings. The van der Waals surface area contributed by atoms with Crippen molar-refractivity contribution >= 4 is 17.6 Å². The van der Waals surface area contributed by atoms with E-state index >= 15 is 0 Å². The molecule has 0 atom stereocenters. The van der Waals surface area contributed by atoms with Crippen LogP contribution < -0.4 is 15.1 Å². The van der Waals surface area contributed by atoms with Gasteiger partial charge >= 0.3 is 12.1 Å². The number of aliphatic imine (C=N–C) groups is 1. The van der Waals surface area contributed by atoms with E-state index in [9.17, 15) is 22.7 Å². The fourth-order valence-electron chi connectivity index (χ4n) is 2.87. The Morgan fingerprint density at radius 1 is 1.15 bits per heavy atom. The lowest BCUT2D eigenvalue weighted by atomic mass is 10.1. The molecular formula is C21H14F4N6O2. The minimum Gasteiger partial charge on any atom is -0.846 e. The van der Waals surface area contributed by atoms with Crippen LogP contribution in [0.5, 0.6) is 0 Å². The number of nitrogens with one attached hydrogen (secondary N) is 1. The van der Waals surface area contributed by atoms with Crippen LogP contribution in [0.15, 0.2) is 76.8 Å². The van der Waals surface area contributed by atoms with Crippen LogP contribution in [0.1, 0.15) is 11.3 Å². The highest BCUT2D eigenvalue weighted by Crippen LogP contribution is 2.30. The van der Waals surface area contributed by atoms with Crippen molar-refractivity contribution in [1.29, 1.82) is 0 Å². The van der Waals surface area contributed by atoms with Gasteiger partial charge in [0.15, 0.2) is 0 Å². The molecule has 0 saturated heterocycles. The number of halogens is 4. The third-order valence-corrected chi connectivity index (χ3v) is 4.38. The van der Waals surface area contributed by atoms with Crippen molar-refractivity contribution in [3.05, 3.63) is 84.3 Å². The molecule has 4 rings (SSSR count). The molecule has 3 aromatic heterocycles. The van der Waals surface area contributed by atoms with Gasteiger partial charge in [-0.25, -0.2) is 9.38 Å². The third-order valence-electron chi connectivity index (χ3n) is 4.38. The molecule has 12 heteroatoms. The van der Waals surface area contributed by atoms with Crippen molar-refractivity contribution < 1.29 is 31.9 Å². The number of benzene rings is 1. The van der Waals surface area contributed by atoms with E-state index in [1.54, 1.807) is 12.1 Å². The molecule has 0 spiro atoms. The van der Waals surface area contributed by atoms with Gasteiger partial charge in [-0.15, -0.1) is 0 Å². The van der Waals surface area contributed by atoms with Crippen LogP contribution in [0.3, 0.4) is 0 Å². The SMILES string of the molecule is [O-]/C(=N\c1c[n+](Cc2ccc(-c3ccncc3F)cn2)no1)Nc1cccc(C(F)(F)F)c1. The summed E-state index contributed by atoms with van der Waals surface area (Å²) in [5.74, 6) is -0.623. The van der Waals surface area contributed by atoms with Crippen LogP contribution in [0, 0.1) is 5.82 Å². The molecule has 168 valence electrons. The Kier molecular flexibility index (Phi) is 5.98. The van der Waals surface area contributed by atoms with Gasteiger partial charge in [-0.05, 0) is 35.0 Å². The number of nitrogens with zero attached hydrogens (tertiary/aromatic N) is 5. The number of pyridine rings is 2. The lowest BCUT2D eigenvalue weighted by molar-refractivity contribution is -0.755. The maximum Gasteiger partial charge on any atom is 0.416 e. The molecule has 0 aliphatic heterocycles. The van der Waals surface area contributed by atoms with Gasteiger partial charge in [0.1, 0.15) is 11.5 Å². The van der Waals surface area contributed by atoms with E-state index in [2.05, 4.69) is 25.5 Å². The Balaban J connectivity index is 1.42. The monoisotopic (exact) mass is 458 g/mol. The number of rotatable bonds is 5. The molecule has 0 saturated carbocycles. The average Bonchev–Trinajstić information content (AvgIpc) is 3.21. The smallest absolute Gasteiger partial charge is 0.416 e. The number of anilines is 1. The Morgan fingerprint density at radius 2 is 2.00 bits per heavy atom. The summed E-state index contributed by atoms with van der Waals surface area (Å²) in [5, 5.41) is 18.0. The minimum absolute atomic E-state index is 0.0686. The lowest BCUT2D eigenvalue weighted by Crippen LogP contribution is -2.35. The molecule has 0 radical (unpaired) electrons. The first-order valence-corrected chi connectivity index (χ1v) is 9.39. The van der Waals surface area contributed by atoms with Gasteiger partial charge in [-0.1, -0.05) is 12.1 Å². The van der Waals surface area contributed by atoms with E-state index in [1.165, 1.54) is 41.5 Å². The predicted molar refractivity (Wildman–Crippen MR) is 105 cm³/mol. The van der Waals surface area contributed by atoms with E-state index < -0.39 is 23.6 Å². The number of hydrogen-bond acceptors (Lipinski definition) is 6. The topological polar surface area (TPSA) is 103 Å². The molecule has 0 amide bonds. The van der Waals surface area contributed by atoms with Gasteiger partial charge in [-0.2, -0.15) is 13.2 Å². The number of amidine groups is 1. The first-order valence-electron chi connectivity index (χ1n) is 9.39. The van der Waals surface area contributed by atoms with Crippen molar-refractivity contribution in [2.24, 2.45) is 4.99 Å². The number of hydrogen-bond donors (Lipinski definition) is 1. The van der Waals surface area contributed by atoms with E-state index in [-0.39, 0.29) is 18.1 Å². The van der Waals surface area contributed by atoms with Gasteiger partial charge in [-0.3, -0.25) is 14.5 Å². The van der Waals surface area contributed by atoms with Crippen LogP contribution >= 0.6 is 0 Å². The molecule has 0 aliphatic carbocycles. The minimum atomic E-state index is -4.53. The summed E-state index contributed by atoms with van der Waals surface area (Å²) >= 11 is 0. The largest absolute Gasteiger partial charge is 0.846 e. The van der Waals surface area contributed by atoms with Crippen LogP contribution in [0.2, 0.25) is 0 Å². The summed E-state index contributed by atoms with van der Waals surface area (Å²) in [6.45, 7) is 0.174. The molecule has 1 aromatic carbocycles. The molecule has 33 heavy (non-hydrogen) atoms. The fourth-order valence-corrected chi connectivity index (χ4v) is 2.87. The van der Waals surface area contributed by atoms with Crippen LogP contribution in [-0.4, -0.2) is 21.3 Å². The molecule has 0 aliphatic rings. The molecule has 3 heterocycles. The zero-order chi connectivity index (χ0) is 23.4. The van der Waals surface area contributed by atoms with Crippen molar-refractivity contribution in [3.63, 3.8) is 0 Å². The lowest BCUT2D eigenvalue weighted by Gasteiger charge is -2.14. The first-order chi connectivity index (χ1) is 15.8. The normalized spacial score (nSPS) is 12.1. The van der Waals surface area contributed by atoms with Crippen molar-refractivity contribution in [3.8, 4) is 11.1 Å². The number of aromatic nitrogens is 4. The maximum atomic E-state index is 13.8. The second-order valence-electron chi connectivity index (χ2n) is 6.75. The van der Waals surface area contributed by atoms with E-state index in [0.29, 0.717) is 16.8 Å². The highest BCUT2D eigenvalue weighted by molar-refractivity contribution is 5.87. The summed E-state index contributed by atoms with van der Waals surface area (Å²) in [7, 11) is 0. The Morgan fingerprint density at radius 3 is 2.73 bits per heavy atom. The van der Waals surface area contributed by atoms with E-state index in [1.807, 2.05) is 0 Å². The quantitative estimate of drug-likeness (QED) is 0.213. The molecule has 4 aromatic rings. The van der Waals surface area contributed by atoms with Gasteiger partial charge < -0.3 is 10.4 Å². The van der Waals surface area contributed by atoms with Gasteiger partial charge in [0.05, 0.1) is 17.8 Å². The highest BCUT2D eigenvalue weighted by atomic mass is 19.4.